The first-order chi connectivity index (χ1) is 16.3. The first-order valence-corrected chi connectivity index (χ1v) is 11.2. The van der Waals surface area contributed by atoms with E-state index in [4.69, 9.17) is 9.47 Å². The fourth-order valence-corrected chi connectivity index (χ4v) is 3.86. The summed E-state index contributed by atoms with van der Waals surface area (Å²) < 4.78 is 12.5. The molecule has 0 aliphatic carbocycles. The highest BCUT2D eigenvalue weighted by Crippen LogP contribution is 2.33. The molecule has 34 heavy (non-hydrogen) atoms. The zero-order chi connectivity index (χ0) is 24.2. The molecule has 0 fully saturated rings. The Morgan fingerprint density at radius 3 is 2.62 bits per heavy atom. The van der Waals surface area contributed by atoms with Crippen LogP contribution in [0.1, 0.15) is 27.2 Å². The van der Waals surface area contributed by atoms with Crippen molar-refractivity contribution in [3.8, 4) is 22.1 Å². The van der Waals surface area contributed by atoms with Gasteiger partial charge in [0.2, 0.25) is 5.13 Å². The summed E-state index contributed by atoms with van der Waals surface area (Å²) in [5.41, 5.74) is 3.96. The summed E-state index contributed by atoms with van der Waals surface area (Å²) in [4.78, 5) is 29.8. The van der Waals surface area contributed by atoms with Crippen molar-refractivity contribution in [2.45, 2.75) is 20.5 Å². The number of rotatable bonds is 7. The van der Waals surface area contributed by atoms with E-state index in [-0.39, 0.29) is 22.9 Å². The Balaban J connectivity index is 1.57. The van der Waals surface area contributed by atoms with Gasteiger partial charge in [-0.15, -0.1) is 5.10 Å². The summed E-state index contributed by atoms with van der Waals surface area (Å²) in [6, 6.07) is 10.8. The molecular formula is C24H23N5O4S. The van der Waals surface area contributed by atoms with Crippen LogP contribution in [0.3, 0.4) is 0 Å². The van der Waals surface area contributed by atoms with Gasteiger partial charge < -0.3 is 14.0 Å². The molecule has 0 atom stereocenters. The maximum absolute atomic E-state index is 13.2. The van der Waals surface area contributed by atoms with Crippen LogP contribution in [0.4, 0.5) is 5.13 Å². The van der Waals surface area contributed by atoms with Crippen LogP contribution in [0.2, 0.25) is 0 Å². The monoisotopic (exact) mass is 477 g/mol. The number of nitrogens with zero attached hydrogens (tertiary/aromatic N) is 4. The topological polar surface area (TPSA) is 108 Å². The molecule has 174 valence electrons. The molecule has 9 nitrogen and oxygen atoms in total. The van der Waals surface area contributed by atoms with Gasteiger partial charge >= 0.3 is 0 Å². The SMILES string of the molecule is COc1ccc(C)cc1-c1cn(C)c(=O)cc1C(=O)Nc1nnc(OCc2ccc(C)cn2)s1. The van der Waals surface area contributed by atoms with Crippen LogP contribution in [0.25, 0.3) is 11.1 Å². The van der Waals surface area contributed by atoms with Crippen molar-refractivity contribution in [2.75, 3.05) is 12.4 Å². The number of hydrogen-bond donors (Lipinski definition) is 1. The Labute approximate surface area is 200 Å². The van der Waals surface area contributed by atoms with Gasteiger partial charge in [0.25, 0.3) is 16.7 Å². The maximum atomic E-state index is 13.2. The molecule has 10 heteroatoms. The lowest BCUT2D eigenvalue weighted by Crippen LogP contribution is -2.21. The van der Waals surface area contributed by atoms with Crippen LogP contribution in [0, 0.1) is 13.8 Å². The molecule has 1 N–H and O–H groups in total. The fourth-order valence-electron chi connectivity index (χ4n) is 3.27. The molecule has 0 unspecified atom stereocenters. The van der Waals surface area contributed by atoms with Gasteiger partial charge in [0, 0.05) is 36.6 Å². The number of aromatic nitrogens is 4. The number of pyridine rings is 2. The molecule has 0 saturated carbocycles. The van der Waals surface area contributed by atoms with Crippen molar-refractivity contribution >= 4 is 22.4 Å². The molecule has 1 amide bonds. The van der Waals surface area contributed by atoms with E-state index in [1.807, 2.05) is 44.2 Å². The molecular weight excluding hydrogens is 454 g/mol. The van der Waals surface area contributed by atoms with Crippen LogP contribution in [-0.4, -0.2) is 32.8 Å². The molecule has 0 aliphatic heterocycles. The fraction of sp³-hybridized carbons (Fsp3) is 0.208. The molecule has 3 heterocycles. The quantitative estimate of drug-likeness (QED) is 0.432. The van der Waals surface area contributed by atoms with Crippen LogP contribution in [0.15, 0.2) is 53.6 Å². The van der Waals surface area contributed by atoms with Gasteiger partial charge in [0.15, 0.2) is 0 Å². The largest absolute Gasteiger partial charge is 0.496 e. The van der Waals surface area contributed by atoms with E-state index in [1.165, 1.54) is 10.6 Å². The van der Waals surface area contributed by atoms with Gasteiger partial charge in [-0.3, -0.25) is 19.9 Å². The van der Waals surface area contributed by atoms with Gasteiger partial charge in [-0.05, 0) is 48.9 Å². The molecule has 3 aromatic heterocycles. The standard InChI is InChI=1S/C24H23N5O4S/c1-14-6-8-20(32-4)17(9-14)19-12-29(3)21(30)10-18(19)22(31)26-23-27-28-24(34-23)33-13-16-7-5-15(2)11-25-16/h5-12H,13H2,1-4H3,(H,26,27,31). The summed E-state index contributed by atoms with van der Waals surface area (Å²) in [5, 5.41) is 11.2. The number of benzene rings is 1. The number of methoxy groups -OCH3 is 1. The van der Waals surface area contributed by atoms with Gasteiger partial charge in [-0.25, -0.2) is 0 Å². The number of anilines is 1. The predicted octanol–water partition coefficient (Wildman–Crippen LogP) is 3.76. The van der Waals surface area contributed by atoms with E-state index in [0.29, 0.717) is 22.1 Å². The Morgan fingerprint density at radius 2 is 1.88 bits per heavy atom. The summed E-state index contributed by atoms with van der Waals surface area (Å²) in [6.45, 7) is 4.13. The van der Waals surface area contributed by atoms with E-state index in [1.54, 1.807) is 26.6 Å². The zero-order valence-electron chi connectivity index (χ0n) is 19.2. The molecule has 0 bridgehead atoms. The van der Waals surface area contributed by atoms with Crippen LogP contribution >= 0.6 is 11.3 Å². The number of nitrogens with one attached hydrogen (secondary N) is 1. The van der Waals surface area contributed by atoms with E-state index in [9.17, 15) is 9.59 Å². The number of aryl methyl sites for hydroxylation is 3. The van der Waals surface area contributed by atoms with Gasteiger partial charge in [0.1, 0.15) is 12.4 Å². The smallest absolute Gasteiger partial charge is 0.296 e. The van der Waals surface area contributed by atoms with E-state index >= 15 is 0 Å². The number of hydrogen-bond acceptors (Lipinski definition) is 8. The number of ether oxygens (including phenoxy) is 2. The first kappa shape index (κ1) is 23.1. The van der Waals surface area contributed by atoms with Crippen molar-refractivity contribution in [3.05, 3.63) is 81.5 Å². The Kier molecular flexibility index (Phi) is 6.69. The lowest BCUT2D eigenvalue weighted by atomic mass is 9.98. The number of carbonyl (C=O) groups excluding carboxylic acids is 1. The maximum Gasteiger partial charge on any atom is 0.296 e. The van der Waals surface area contributed by atoms with E-state index in [0.717, 1.165) is 28.2 Å². The van der Waals surface area contributed by atoms with E-state index in [2.05, 4.69) is 20.5 Å². The molecule has 1 aromatic carbocycles. The third-order valence-corrected chi connectivity index (χ3v) is 5.81. The van der Waals surface area contributed by atoms with Gasteiger partial charge in [0.05, 0.1) is 18.4 Å². The van der Waals surface area contributed by atoms with Gasteiger partial charge in [-0.1, -0.05) is 22.8 Å². The average Bonchev–Trinajstić information content (AvgIpc) is 3.27. The molecule has 0 saturated heterocycles. The Morgan fingerprint density at radius 1 is 1.09 bits per heavy atom. The summed E-state index contributed by atoms with van der Waals surface area (Å²) in [7, 11) is 3.19. The minimum atomic E-state index is -0.487. The third kappa shape index (κ3) is 5.12. The molecule has 4 aromatic rings. The van der Waals surface area contributed by atoms with E-state index < -0.39 is 5.91 Å². The summed E-state index contributed by atoms with van der Waals surface area (Å²) >= 11 is 1.09. The minimum Gasteiger partial charge on any atom is -0.496 e. The van der Waals surface area contributed by atoms with Crippen LogP contribution < -0.4 is 20.3 Å². The minimum absolute atomic E-state index is 0.202. The third-order valence-electron chi connectivity index (χ3n) is 5.06. The normalized spacial score (nSPS) is 10.7. The van der Waals surface area contributed by atoms with Crippen molar-refractivity contribution in [3.63, 3.8) is 0 Å². The number of amides is 1. The average molecular weight is 478 g/mol. The van der Waals surface area contributed by atoms with Gasteiger partial charge in [-0.2, -0.15) is 0 Å². The van der Waals surface area contributed by atoms with Crippen LogP contribution in [-0.2, 0) is 13.7 Å². The molecule has 0 spiro atoms. The lowest BCUT2D eigenvalue weighted by Gasteiger charge is -2.14. The molecule has 0 aliphatic rings. The first-order valence-electron chi connectivity index (χ1n) is 10.4. The van der Waals surface area contributed by atoms with Crippen molar-refractivity contribution in [1.82, 2.24) is 19.7 Å². The Bertz CT molecular complexity index is 1400. The van der Waals surface area contributed by atoms with Crippen molar-refractivity contribution < 1.29 is 14.3 Å². The second-order valence-electron chi connectivity index (χ2n) is 7.70. The van der Waals surface area contributed by atoms with Crippen LogP contribution in [0.5, 0.6) is 10.9 Å². The molecule has 0 radical (unpaired) electrons. The predicted molar refractivity (Wildman–Crippen MR) is 130 cm³/mol. The highest BCUT2D eigenvalue weighted by atomic mass is 32.1. The lowest BCUT2D eigenvalue weighted by molar-refractivity contribution is 0.102. The number of carbonyl (C=O) groups is 1. The van der Waals surface area contributed by atoms with Crippen molar-refractivity contribution in [2.24, 2.45) is 7.05 Å². The molecule has 4 rings (SSSR count). The summed E-state index contributed by atoms with van der Waals surface area (Å²) in [6.07, 6.45) is 3.38. The second-order valence-corrected chi connectivity index (χ2v) is 8.64. The zero-order valence-corrected chi connectivity index (χ0v) is 20.0. The van der Waals surface area contributed by atoms with Crippen molar-refractivity contribution in [1.29, 1.82) is 0 Å². The summed E-state index contributed by atoms with van der Waals surface area (Å²) in [5.74, 6) is 0.105. The second kappa shape index (κ2) is 9.84. The Hall–Kier alpha value is -4.05. The highest BCUT2D eigenvalue weighted by Gasteiger charge is 2.20. The highest BCUT2D eigenvalue weighted by molar-refractivity contribution is 7.17.